The maximum absolute atomic E-state index is 12.2. The van der Waals surface area contributed by atoms with E-state index < -0.39 is 0 Å². The predicted octanol–water partition coefficient (Wildman–Crippen LogP) is 4.31. The number of hydrogen-bond acceptors (Lipinski definition) is 5. The highest BCUT2D eigenvalue weighted by Crippen LogP contribution is 2.26. The van der Waals surface area contributed by atoms with Crippen LogP contribution in [0, 0.1) is 6.92 Å². The van der Waals surface area contributed by atoms with Crippen molar-refractivity contribution in [3.8, 4) is 11.3 Å². The summed E-state index contributed by atoms with van der Waals surface area (Å²) < 4.78 is 0. The molecule has 0 aliphatic carbocycles. The van der Waals surface area contributed by atoms with Crippen LogP contribution in [-0.2, 0) is 0 Å². The Bertz CT molecular complexity index is 969. The molecular formula is C22H25N5O. The van der Waals surface area contributed by atoms with Gasteiger partial charge in [0.15, 0.2) is 0 Å². The lowest BCUT2D eigenvalue weighted by Crippen LogP contribution is -2.31. The number of nitrogens with zero attached hydrogens (tertiary/aromatic N) is 2. The van der Waals surface area contributed by atoms with E-state index in [1.165, 1.54) is 0 Å². The Hall–Kier alpha value is -3.41. The molecule has 1 amide bonds. The molecule has 4 N–H and O–H groups in total. The first kappa shape index (κ1) is 19.4. The fourth-order valence-corrected chi connectivity index (χ4v) is 2.74. The third-order valence-electron chi connectivity index (χ3n) is 4.70. The van der Waals surface area contributed by atoms with Crippen LogP contribution in [0.5, 0.6) is 0 Å². The molecule has 0 fully saturated rings. The second-order valence-corrected chi connectivity index (χ2v) is 6.77. The molecule has 0 radical (unpaired) electrons. The molecule has 1 atom stereocenters. The summed E-state index contributed by atoms with van der Waals surface area (Å²) in [5, 5.41) is 6.14. The fraction of sp³-hybridized carbons (Fsp3) is 0.227. The molecule has 2 aromatic carbocycles. The van der Waals surface area contributed by atoms with Gasteiger partial charge in [0.1, 0.15) is 0 Å². The molecule has 6 nitrogen and oxygen atoms in total. The summed E-state index contributed by atoms with van der Waals surface area (Å²) in [6.07, 6.45) is 2.60. The van der Waals surface area contributed by atoms with Gasteiger partial charge in [-0.2, -0.15) is 0 Å². The van der Waals surface area contributed by atoms with E-state index in [1.807, 2.05) is 57.2 Å². The van der Waals surface area contributed by atoms with Crippen molar-refractivity contribution in [3.05, 3.63) is 65.9 Å². The molecule has 0 saturated heterocycles. The maximum atomic E-state index is 12.2. The average Bonchev–Trinajstić information content (AvgIpc) is 2.70. The SMILES string of the molecule is CCC(C)NC(=O)c1ccc(Nc2nccc(-c3cccc(N)c3C)n2)cc1. The van der Waals surface area contributed by atoms with Crippen LogP contribution in [0.25, 0.3) is 11.3 Å². The Balaban J connectivity index is 1.76. The van der Waals surface area contributed by atoms with Crippen molar-refractivity contribution in [1.29, 1.82) is 0 Å². The summed E-state index contributed by atoms with van der Waals surface area (Å²) in [5.41, 5.74) is 10.9. The summed E-state index contributed by atoms with van der Waals surface area (Å²) >= 11 is 0. The third-order valence-corrected chi connectivity index (χ3v) is 4.70. The van der Waals surface area contributed by atoms with Gasteiger partial charge in [-0.15, -0.1) is 0 Å². The van der Waals surface area contributed by atoms with E-state index in [9.17, 15) is 4.79 Å². The van der Waals surface area contributed by atoms with Gasteiger partial charge in [-0.3, -0.25) is 4.79 Å². The van der Waals surface area contributed by atoms with Gasteiger partial charge in [-0.1, -0.05) is 19.1 Å². The first-order valence-electron chi connectivity index (χ1n) is 9.34. The number of carbonyl (C=O) groups excluding carboxylic acids is 1. The minimum Gasteiger partial charge on any atom is -0.398 e. The number of anilines is 3. The van der Waals surface area contributed by atoms with Gasteiger partial charge in [0.2, 0.25) is 5.95 Å². The number of nitrogens with two attached hydrogens (primary N) is 1. The Labute approximate surface area is 165 Å². The fourth-order valence-electron chi connectivity index (χ4n) is 2.74. The quantitative estimate of drug-likeness (QED) is 0.558. The number of aromatic nitrogens is 2. The summed E-state index contributed by atoms with van der Waals surface area (Å²) in [4.78, 5) is 21.1. The van der Waals surface area contributed by atoms with Gasteiger partial charge in [-0.25, -0.2) is 9.97 Å². The van der Waals surface area contributed by atoms with Crippen LogP contribution in [0.1, 0.15) is 36.2 Å². The van der Waals surface area contributed by atoms with Crippen LogP contribution in [0.15, 0.2) is 54.7 Å². The van der Waals surface area contributed by atoms with Gasteiger partial charge in [-0.05, 0) is 62.2 Å². The predicted molar refractivity (Wildman–Crippen MR) is 114 cm³/mol. The second kappa shape index (κ2) is 8.52. The average molecular weight is 375 g/mol. The number of amides is 1. The monoisotopic (exact) mass is 375 g/mol. The van der Waals surface area contributed by atoms with Crippen molar-refractivity contribution in [2.45, 2.75) is 33.2 Å². The minimum absolute atomic E-state index is 0.0729. The first-order valence-corrected chi connectivity index (χ1v) is 9.34. The van der Waals surface area contributed by atoms with Crippen molar-refractivity contribution in [1.82, 2.24) is 15.3 Å². The van der Waals surface area contributed by atoms with Crippen LogP contribution in [0.4, 0.5) is 17.3 Å². The summed E-state index contributed by atoms with van der Waals surface area (Å²) in [6.45, 7) is 6.00. The second-order valence-electron chi connectivity index (χ2n) is 6.77. The highest BCUT2D eigenvalue weighted by atomic mass is 16.1. The smallest absolute Gasteiger partial charge is 0.251 e. The molecule has 0 aliphatic rings. The Kier molecular flexibility index (Phi) is 5.89. The summed E-state index contributed by atoms with van der Waals surface area (Å²) in [7, 11) is 0. The number of carbonyl (C=O) groups is 1. The van der Waals surface area contributed by atoms with Gasteiger partial charge >= 0.3 is 0 Å². The molecule has 1 unspecified atom stereocenters. The van der Waals surface area contributed by atoms with E-state index >= 15 is 0 Å². The van der Waals surface area contributed by atoms with E-state index in [2.05, 4.69) is 20.6 Å². The number of nitrogens with one attached hydrogen (secondary N) is 2. The number of hydrogen-bond donors (Lipinski definition) is 3. The normalized spacial score (nSPS) is 11.7. The zero-order chi connectivity index (χ0) is 20.1. The van der Waals surface area contributed by atoms with Gasteiger partial charge in [0.05, 0.1) is 5.69 Å². The lowest BCUT2D eigenvalue weighted by molar-refractivity contribution is 0.0939. The molecule has 0 saturated carbocycles. The molecule has 0 bridgehead atoms. The van der Waals surface area contributed by atoms with Crippen molar-refractivity contribution in [2.24, 2.45) is 0 Å². The van der Waals surface area contributed by atoms with E-state index in [0.29, 0.717) is 11.5 Å². The summed E-state index contributed by atoms with van der Waals surface area (Å²) in [6, 6.07) is 15.0. The molecule has 3 rings (SSSR count). The lowest BCUT2D eigenvalue weighted by atomic mass is 10.0. The molecule has 1 aromatic heterocycles. The van der Waals surface area contributed by atoms with Crippen LogP contribution >= 0.6 is 0 Å². The standard InChI is InChI=1S/C22H25N5O/c1-4-14(2)25-21(28)16-8-10-17(11-9-16)26-22-24-13-12-20(27-22)18-6-5-7-19(23)15(18)3/h5-14H,4,23H2,1-3H3,(H,25,28)(H,24,26,27). The van der Waals surface area contributed by atoms with Crippen molar-refractivity contribution < 1.29 is 4.79 Å². The van der Waals surface area contributed by atoms with Gasteiger partial charge in [0, 0.05) is 34.7 Å². The number of nitrogen functional groups attached to an aromatic ring is 1. The Morgan fingerprint density at radius 1 is 1.14 bits per heavy atom. The third kappa shape index (κ3) is 4.46. The van der Waals surface area contributed by atoms with E-state index in [4.69, 9.17) is 5.73 Å². The van der Waals surface area contributed by atoms with Crippen molar-refractivity contribution in [3.63, 3.8) is 0 Å². The highest BCUT2D eigenvalue weighted by Gasteiger charge is 2.10. The molecule has 144 valence electrons. The lowest BCUT2D eigenvalue weighted by Gasteiger charge is -2.12. The van der Waals surface area contributed by atoms with Gasteiger partial charge in [0.25, 0.3) is 5.91 Å². The number of benzene rings is 2. The zero-order valence-electron chi connectivity index (χ0n) is 16.4. The molecule has 0 spiro atoms. The van der Waals surface area contributed by atoms with Crippen LogP contribution in [0.3, 0.4) is 0 Å². The number of rotatable bonds is 6. The topological polar surface area (TPSA) is 92.9 Å². The van der Waals surface area contributed by atoms with Crippen molar-refractivity contribution in [2.75, 3.05) is 11.1 Å². The zero-order valence-corrected chi connectivity index (χ0v) is 16.4. The molecule has 6 heteroatoms. The minimum atomic E-state index is -0.0729. The molecule has 1 heterocycles. The molecule has 28 heavy (non-hydrogen) atoms. The van der Waals surface area contributed by atoms with Crippen LogP contribution < -0.4 is 16.4 Å². The van der Waals surface area contributed by atoms with Crippen LogP contribution in [-0.4, -0.2) is 21.9 Å². The van der Waals surface area contributed by atoms with E-state index in [1.54, 1.807) is 18.3 Å². The summed E-state index contributed by atoms with van der Waals surface area (Å²) in [5.74, 6) is 0.410. The van der Waals surface area contributed by atoms with Crippen LogP contribution in [0.2, 0.25) is 0 Å². The van der Waals surface area contributed by atoms with E-state index in [-0.39, 0.29) is 11.9 Å². The Morgan fingerprint density at radius 2 is 1.89 bits per heavy atom. The molecule has 3 aromatic rings. The van der Waals surface area contributed by atoms with Crippen molar-refractivity contribution >= 4 is 23.2 Å². The highest BCUT2D eigenvalue weighted by molar-refractivity contribution is 5.94. The Morgan fingerprint density at radius 3 is 2.61 bits per heavy atom. The van der Waals surface area contributed by atoms with E-state index in [0.717, 1.165) is 34.6 Å². The maximum Gasteiger partial charge on any atom is 0.251 e. The van der Waals surface area contributed by atoms with Gasteiger partial charge < -0.3 is 16.4 Å². The first-order chi connectivity index (χ1) is 13.5. The molecular weight excluding hydrogens is 350 g/mol. The molecule has 0 aliphatic heterocycles. The largest absolute Gasteiger partial charge is 0.398 e.